The standard InChI is InChI=1S/C35H66/c1-9-10-11-12-13-29-16-18-32(19-17-29)35-26(6)20-30(21-27(35)7)14-15-31-22-33(24(2)3)28(8)34(23-31)25(4)5/h24-35H,9-23H2,1-8H3. The molecule has 0 aliphatic heterocycles. The highest BCUT2D eigenvalue weighted by atomic mass is 14.5. The van der Waals surface area contributed by atoms with Gasteiger partial charge in [0.25, 0.3) is 0 Å². The highest BCUT2D eigenvalue weighted by molar-refractivity contribution is 4.91. The van der Waals surface area contributed by atoms with Gasteiger partial charge in [0.1, 0.15) is 0 Å². The van der Waals surface area contributed by atoms with Gasteiger partial charge in [-0.15, -0.1) is 0 Å². The summed E-state index contributed by atoms with van der Waals surface area (Å²) in [7, 11) is 0. The molecule has 35 heavy (non-hydrogen) atoms. The molecule has 0 radical (unpaired) electrons. The summed E-state index contributed by atoms with van der Waals surface area (Å²) >= 11 is 0. The third-order valence-corrected chi connectivity index (χ3v) is 11.9. The van der Waals surface area contributed by atoms with Crippen LogP contribution in [0.3, 0.4) is 0 Å². The Kier molecular flexibility index (Phi) is 12.0. The van der Waals surface area contributed by atoms with Crippen molar-refractivity contribution in [1.29, 1.82) is 0 Å². The Morgan fingerprint density at radius 3 is 1.57 bits per heavy atom. The van der Waals surface area contributed by atoms with Gasteiger partial charge in [-0.2, -0.15) is 0 Å². The summed E-state index contributed by atoms with van der Waals surface area (Å²) in [4.78, 5) is 0. The Morgan fingerprint density at radius 1 is 0.571 bits per heavy atom. The first-order chi connectivity index (χ1) is 16.7. The number of rotatable bonds is 11. The minimum Gasteiger partial charge on any atom is -0.0654 e. The highest BCUT2D eigenvalue weighted by Gasteiger charge is 2.40. The van der Waals surface area contributed by atoms with E-state index in [1.807, 2.05) is 0 Å². The molecular weight excluding hydrogens is 420 g/mol. The van der Waals surface area contributed by atoms with Crippen LogP contribution in [-0.4, -0.2) is 0 Å². The van der Waals surface area contributed by atoms with E-state index in [4.69, 9.17) is 0 Å². The maximum atomic E-state index is 2.65. The Bertz CT molecular complexity index is 537. The Morgan fingerprint density at radius 2 is 1.09 bits per heavy atom. The third-order valence-electron chi connectivity index (χ3n) is 11.9. The lowest BCUT2D eigenvalue weighted by Gasteiger charge is -2.47. The van der Waals surface area contributed by atoms with Crippen molar-refractivity contribution in [3.63, 3.8) is 0 Å². The van der Waals surface area contributed by atoms with Gasteiger partial charge < -0.3 is 0 Å². The fourth-order valence-corrected chi connectivity index (χ4v) is 9.99. The van der Waals surface area contributed by atoms with Crippen LogP contribution in [0.5, 0.6) is 0 Å². The highest BCUT2D eigenvalue weighted by Crippen LogP contribution is 2.50. The van der Waals surface area contributed by atoms with Gasteiger partial charge in [-0.3, -0.25) is 0 Å². The summed E-state index contributed by atoms with van der Waals surface area (Å²) in [5, 5.41) is 0. The first-order valence-corrected chi connectivity index (χ1v) is 16.7. The van der Waals surface area contributed by atoms with Gasteiger partial charge in [0, 0.05) is 0 Å². The average molecular weight is 487 g/mol. The van der Waals surface area contributed by atoms with E-state index in [-0.39, 0.29) is 0 Å². The van der Waals surface area contributed by atoms with Crippen LogP contribution in [0.2, 0.25) is 0 Å². The lowest BCUT2D eigenvalue weighted by molar-refractivity contribution is 0.0331. The van der Waals surface area contributed by atoms with Gasteiger partial charge in [0.2, 0.25) is 0 Å². The van der Waals surface area contributed by atoms with Crippen molar-refractivity contribution in [2.75, 3.05) is 0 Å². The molecule has 0 heterocycles. The molecule has 0 N–H and O–H groups in total. The van der Waals surface area contributed by atoms with Gasteiger partial charge in [-0.1, -0.05) is 113 Å². The predicted molar refractivity (Wildman–Crippen MR) is 157 cm³/mol. The predicted octanol–water partition coefficient (Wildman–Crippen LogP) is 11.4. The molecule has 3 aliphatic rings. The molecule has 3 saturated carbocycles. The summed E-state index contributed by atoms with van der Waals surface area (Å²) < 4.78 is 0. The minimum absolute atomic E-state index is 0.857. The molecule has 3 rings (SSSR count). The van der Waals surface area contributed by atoms with E-state index in [2.05, 4.69) is 55.4 Å². The van der Waals surface area contributed by atoms with Crippen molar-refractivity contribution in [2.24, 2.45) is 71.0 Å². The normalized spacial score (nSPS) is 41.0. The van der Waals surface area contributed by atoms with Gasteiger partial charge in [0.05, 0.1) is 0 Å². The lowest BCUT2D eigenvalue weighted by Crippen LogP contribution is -2.38. The van der Waals surface area contributed by atoms with Crippen LogP contribution in [0, 0.1) is 71.0 Å². The van der Waals surface area contributed by atoms with E-state index in [0.29, 0.717) is 0 Å². The SMILES string of the molecule is CCCCCCC1CCC(C2C(C)CC(CCC3CC(C(C)C)C(C)C(C(C)C)C3)CC2C)CC1. The number of hydrogen-bond acceptors (Lipinski definition) is 0. The van der Waals surface area contributed by atoms with Crippen molar-refractivity contribution < 1.29 is 0 Å². The van der Waals surface area contributed by atoms with Crippen LogP contribution in [-0.2, 0) is 0 Å². The molecule has 0 amide bonds. The lowest BCUT2D eigenvalue weighted by atomic mass is 9.59. The first-order valence-electron chi connectivity index (χ1n) is 16.7. The molecule has 206 valence electrons. The minimum atomic E-state index is 0.857. The van der Waals surface area contributed by atoms with Crippen molar-refractivity contribution in [1.82, 2.24) is 0 Å². The Labute approximate surface area is 222 Å². The molecule has 4 unspecified atom stereocenters. The summed E-state index contributed by atoms with van der Waals surface area (Å²) in [5.74, 6) is 11.6. The molecule has 0 aromatic heterocycles. The zero-order valence-electron chi connectivity index (χ0n) is 25.5. The zero-order chi connectivity index (χ0) is 25.5. The Hall–Kier alpha value is 0. The van der Waals surface area contributed by atoms with Crippen molar-refractivity contribution in [3.05, 3.63) is 0 Å². The molecule has 0 aromatic carbocycles. The molecule has 0 spiro atoms. The van der Waals surface area contributed by atoms with Crippen molar-refractivity contribution in [3.8, 4) is 0 Å². The summed E-state index contributed by atoms with van der Waals surface area (Å²) in [5.41, 5.74) is 0. The molecule has 0 nitrogen and oxygen atoms in total. The maximum Gasteiger partial charge on any atom is -0.0334 e. The topological polar surface area (TPSA) is 0 Å². The second-order valence-corrected chi connectivity index (χ2v) is 15.1. The summed E-state index contributed by atoms with van der Waals surface area (Å²) in [6.45, 7) is 20.2. The molecule has 3 fully saturated rings. The number of hydrogen-bond donors (Lipinski definition) is 0. The fraction of sp³-hybridized carbons (Fsp3) is 1.00. The van der Waals surface area contributed by atoms with Crippen molar-refractivity contribution in [2.45, 2.75) is 152 Å². The fourth-order valence-electron chi connectivity index (χ4n) is 9.99. The average Bonchev–Trinajstić information content (AvgIpc) is 2.81. The van der Waals surface area contributed by atoms with E-state index in [9.17, 15) is 0 Å². The van der Waals surface area contributed by atoms with E-state index in [1.165, 1.54) is 70.6 Å². The summed E-state index contributed by atoms with van der Waals surface area (Å²) in [6.07, 6.45) is 22.7. The smallest absolute Gasteiger partial charge is 0.0334 e. The Balaban J connectivity index is 1.44. The molecule has 3 aliphatic carbocycles. The van der Waals surface area contributed by atoms with Crippen LogP contribution in [0.25, 0.3) is 0 Å². The molecule has 0 heteroatoms. The van der Waals surface area contributed by atoms with Crippen LogP contribution in [0.15, 0.2) is 0 Å². The van der Waals surface area contributed by atoms with Gasteiger partial charge >= 0.3 is 0 Å². The largest absolute Gasteiger partial charge is 0.0654 e. The maximum absolute atomic E-state index is 2.65. The second-order valence-electron chi connectivity index (χ2n) is 15.1. The first kappa shape index (κ1) is 29.6. The molecular formula is C35H66. The quantitative estimate of drug-likeness (QED) is 0.255. The van der Waals surface area contributed by atoms with Crippen LogP contribution < -0.4 is 0 Å². The zero-order valence-corrected chi connectivity index (χ0v) is 25.5. The van der Waals surface area contributed by atoms with E-state index in [1.54, 1.807) is 25.7 Å². The molecule has 4 atom stereocenters. The number of unbranched alkanes of at least 4 members (excludes halogenated alkanes) is 3. The van der Waals surface area contributed by atoms with Crippen LogP contribution >= 0.6 is 0 Å². The monoisotopic (exact) mass is 487 g/mol. The van der Waals surface area contributed by atoms with E-state index >= 15 is 0 Å². The molecule has 0 bridgehead atoms. The van der Waals surface area contributed by atoms with Gasteiger partial charge in [-0.05, 0) is 110 Å². The van der Waals surface area contributed by atoms with Crippen molar-refractivity contribution >= 4 is 0 Å². The second kappa shape index (κ2) is 14.2. The van der Waals surface area contributed by atoms with Gasteiger partial charge in [0.15, 0.2) is 0 Å². The molecule has 0 saturated heterocycles. The third kappa shape index (κ3) is 8.24. The van der Waals surface area contributed by atoms with E-state index in [0.717, 1.165) is 71.0 Å². The van der Waals surface area contributed by atoms with E-state index < -0.39 is 0 Å². The summed E-state index contributed by atoms with van der Waals surface area (Å²) in [6, 6.07) is 0. The van der Waals surface area contributed by atoms with Gasteiger partial charge in [-0.25, -0.2) is 0 Å². The van der Waals surface area contributed by atoms with Crippen LogP contribution in [0.1, 0.15) is 152 Å². The van der Waals surface area contributed by atoms with Crippen LogP contribution in [0.4, 0.5) is 0 Å². The molecule has 0 aromatic rings.